The highest BCUT2D eigenvalue weighted by Gasteiger charge is 2.29. The number of aromatic nitrogens is 1. The predicted molar refractivity (Wildman–Crippen MR) is 122 cm³/mol. The molecule has 5 nitrogen and oxygen atoms in total. The third-order valence-electron chi connectivity index (χ3n) is 5.35. The Labute approximate surface area is 181 Å². The van der Waals surface area contributed by atoms with Crippen LogP contribution in [0.3, 0.4) is 0 Å². The molecule has 3 rings (SSSR count). The highest BCUT2D eigenvalue weighted by molar-refractivity contribution is 5.38. The van der Waals surface area contributed by atoms with Crippen LogP contribution in [0.5, 0.6) is 11.6 Å². The van der Waals surface area contributed by atoms with Crippen molar-refractivity contribution in [1.82, 2.24) is 15.2 Å². The molecule has 0 saturated carbocycles. The number of aryl methyl sites for hydroxylation is 1. The van der Waals surface area contributed by atoms with E-state index in [0.29, 0.717) is 13.3 Å². The molecule has 0 aliphatic carbocycles. The molecule has 0 bridgehead atoms. The lowest BCUT2D eigenvalue weighted by atomic mass is 10.0. The fourth-order valence-corrected chi connectivity index (χ4v) is 3.46. The van der Waals surface area contributed by atoms with Gasteiger partial charge in [-0.2, -0.15) is 0 Å². The lowest BCUT2D eigenvalue weighted by Crippen LogP contribution is -2.45. The van der Waals surface area contributed by atoms with E-state index in [2.05, 4.69) is 87.1 Å². The van der Waals surface area contributed by atoms with Gasteiger partial charge in [0.15, 0.2) is 0 Å². The molecular formula is C25H37N3O2. The van der Waals surface area contributed by atoms with E-state index in [1.807, 2.05) is 6.92 Å². The summed E-state index contributed by atoms with van der Waals surface area (Å²) >= 11 is 0. The maximum absolute atomic E-state index is 6.13. The van der Waals surface area contributed by atoms with E-state index in [9.17, 15) is 0 Å². The molecule has 0 unspecified atom stereocenters. The fourth-order valence-electron chi connectivity index (χ4n) is 3.46. The second-order valence-electron chi connectivity index (χ2n) is 10.2. The van der Waals surface area contributed by atoms with E-state index in [-0.39, 0.29) is 11.1 Å². The van der Waals surface area contributed by atoms with Gasteiger partial charge in [0.1, 0.15) is 19.1 Å². The van der Waals surface area contributed by atoms with Crippen LogP contribution in [-0.2, 0) is 19.6 Å². The quantitative estimate of drug-likeness (QED) is 0.736. The van der Waals surface area contributed by atoms with Gasteiger partial charge < -0.3 is 14.8 Å². The van der Waals surface area contributed by atoms with Crippen molar-refractivity contribution in [3.63, 3.8) is 0 Å². The van der Waals surface area contributed by atoms with E-state index in [1.165, 1.54) is 5.56 Å². The molecule has 164 valence electrons. The molecule has 1 aromatic carbocycles. The minimum absolute atomic E-state index is 0.0401. The SMILES string of the molecule is Cc1cc(COc2ccc(CCNC(C)(C)C)cc2)c2c(n1)OCN(C(C)(C)C)C2. The Morgan fingerprint density at radius 1 is 1.10 bits per heavy atom. The first-order valence-electron chi connectivity index (χ1n) is 10.9. The molecule has 0 radical (unpaired) electrons. The van der Waals surface area contributed by atoms with Crippen LogP contribution in [0, 0.1) is 6.92 Å². The second-order valence-corrected chi connectivity index (χ2v) is 10.2. The first-order chi connectivity index (χ1) is 14.0. The fraction of sp³-hybridized carbons (Fsp3) is 0.560. The summed E-state index contributed by atoms with van der Waals surface area (Å²) in [6.07, 6.45) is 1.01. The van der Waals surface area contributed by atoms with E-state index < -0.39 is 0 Å². The van der Waals surface area contributed by atoms with Crippen LogP contribution in [-0.4, -0.2) is 34.2 Å². The number of nitrogens with one attached hydrogen (secondary N) is 1. The zero-order valence-corrected chi connectivity index (χ0v) is 19.6. The van der Waals surface area contributed by atoms with Gasteiger partial charge in [0.2, 0.25) is 5.88 Å². The molecule has 5 heteroatoms. The summed E-state index contributed by atoms with van der Waals surface area (Å²) < 4.78 is 12.1. The highest BCUT2D eigenvalue weighted by Crippen LogP contribution is 2.31. The highest BCUT2D eigenvalue weighted by atomic mass is 16.5. The topological polar surface area (TPSA) is 46.6 Å². The van der Waals surface area contributed by atoms with E-state index in [1.54, 1.807) is 0 Å². The standard InChI is InChI=1S/C25H37N3O2/c1-18-14-20(22-15-28(25(5,6)7)17-30-23(22)27-18)16-29-21-10-8-19(9-11-21)12-13-26-24(2,3)4/h8-11,14,26H,12-13,15-17H2,1-7H3. The first-order valence-corrected chi connectivity index (χ1v) is 10.9. The van der Waals surface area contributed by atoms with Crippen LogP contribution in [0.1, 0.15) is 63.9 Å². The zero-order valence-electron chi connectivity index (χ0n) is 19.6. The Morgan fingerprint density at radius 2 is 1.80 bits per heavy atom. The minimum Gasteiger partial charge on any atom is -0.489 e. The molecule has 1 aliphatic heterocycles. The van der Waals surface area contributed by atoms with Crippen LogP contribution in [0.25, 0.3) is 0 Å². The maximum Gasteiger partial charge on any atom is 0.219 e. The summed E-state index contributed by atoms with van der Waals surface area (Å²) in [5.74, 6) is 1.63. The van der Waals surface area contributed by atoms with Gasteiger partial charge in [-0.1, -0.05) is 12.1 Å². The smallest absolute Gasteiger partial charge is 0.219 e. The molecule has 1 aromatic heterocycles. The van der Waals surface area contributed by atoms with Gasteiger partial charge in [0.25, 0.3) is 0 Å². The molecule has 0 saturated heterocycles. The lowest BCUT2D eigenvalue weighted by Gasteiger charge is -2.38. The Hall–Kier alpha value is -2.11. The van der Waals surface area contributed by atoms with E-state index >= 15 is 0 Å². The van der Waals surface area contributed by atoms with Crippen LogP contribution in [0.2, 0.25) is 0 Å². The number of pyridine rings is 1. The predicted octanol–water partition coefficient (Wildman–Crippen LogP) is 4.85. The summed E-state index contributed by atoms with van der Waals surface area (Å²) in [6.45, 7) is 18.1. The summed E-state index contributed by atoms with van der Waals surface area (Å²) in [7, 11) is 0. The molecule has 1 N–H and O–H groups in total. The van der Waals surface area contributed by atoms with Crippen molar-refractivity contribution in [2.75, 3.05) is 13.3 Å². The zero-order chi connectivity index (χ0) is 21.9. The number of benzene rings is 1. The summed E-state index contributed by atoms with van der Waals surface area (Å²) in [5, 5.41) is 3.53. The molecule has 2 aromatic rings. The average molecular weight is 412 g/mol. The number of nitrogens with zero attached hydrogens (tertiary/aromatic N) is 2. The van der Waals surface area contributed by atoms with Crippen LogP contribution in [0.15, 0.2) is 30.3 Å². The maximum atomic E-state index is 6.13. The van der Waals surface area contributed by atoms with Crippen molar-refractivity contribution >= 4 is 0 Å². The Bertz CT molecular complexity index is 848. The average Bonchev–Trinajstić information content (AvgIpc) is 2.65. The lowest BCUT2D eigenvalue weighted by molar-refractivity contribution is 0.0177. The number of hydrogen-bond acceptors (Lipinski definition) is 5. The van der Waals surface area contributed by atoms with Crippen molar-refractivity contribution < 1.29 is 9.47 Å². The van der Waals surface area contributed by atoms with Crippen molar-refractivity contribution in [1.29, 1.82) is 0 Å². The summed E-state index contributed by atoms with van der Waals surface area (Å²) in [6, 6.07) is 10.5. The Balaban J connectivity index is 1.64. The second kappa shape index (κ2) is 8.94. The summed E-state index contributed by atoms with van der Waals surface area (Å²) in [4.78, 5) is 6.91. The van der Waals surface area contributed by atoms with Crippen LogP contribution in [0.4, 0.5) is 0 Å². The molecule has 0 spiro atoms. The van der Waals surface area contributed by atoms with E-state index in [4.69, 9.17) is 9.47 Å². The number of hydrogen-bond donors (Lipinski definition) is 1. The van der Waals surface area contributed by atoms with Gasteiger partial charge in [-0.15, -0.1) is 0 Å². The third-order valence-corrected chi connectivity index (χ3v) is 5.35. The van der Waals surface area contributed by atoms with Crippen molar-refractivity contribution in [2.45, 2.75) is 79.1 Å². The van der Waals surface area contributed by atoms with Gasteiger partial charge in [0.05, 0.1) is 0 Å². The molecule has 0 amide bonds. The van der Waals surface area contributed by atoms with Gasteiger partial charge in [-0.25, -0.2) is 4.98 Å². The number of ether oxygens (including phenoxy) is 2. The molecular weight excluding hydrogens is 374 g/mol. The normalized spacial score (nSPS) is 14.9. The van der Waals surface area contributed by atoms with Gasteiger partial charge in [-0.3, -0.25) is 4.90 Å². The Morgan fingerprint density at radius 3 is 2.43 bits per heavy atom. The monoisotopic (exact) mass is 411 g/mol. The third kappa shape index (κ3) is 6.19. The van der Waals surface area contributed by atoms with Crippen LogP contribution < -0.4 is 14.8 Å². The number of rotatable bonds is 6. The largest absolute Gasteiger partial charge is 0.489 e. The minimum atomic E-state index is 0.0401. The van der Waals surface area contributed by atoms with Gasteiger partial charge in [-0.05, 0) is 85.2 Å². The van der Waals surface area contributed by atoms with E-state index in [0.717, 1.165) is 48.0 Å². The number of fused-ring (bicyclic) bond motifs is 1. The van der Waals surface area contributed by atoms with Crippen molar-refractivity contribution in [3.8, 4) is 11.6 Å². The molecule has 30 heavy (non-hydrogen) atoms. The van der Waals surface area contributed by atoms with Crippen molar-refractivity contribution in [3.05, 3.63) is 52.7 Å². The van der Waals surface area contributed by atoms with Crippen LogP contribution >= 0.6 is 0 Å². The molecule has 2 heterocycles. The molecule has 1 aliphatic rings. The molecule has 0 fully saturated rings. The molecule has 0 atom stereocenters. The first kappa shape index (κ1) is 22.6. The van der Waals surface area contributed by atoms with Gasteiger partial charge >= 0.3 is 0 Å². The summed E-state index contributed by atoms with van der Waals surface area (Å²) in [5.41, 5.74) is 4.73. The Kier molecular flexibility index (Phi) is 6.73. The van der Waals surface area contributed by atoms with Crippen molar-refractivity contribution in [2.24, 2.45) is 0 Å². The van der Waals surface area contributed by atoms with Gasteiger partial charge in [0, 0.05) is 34.4 Å².